The normalized spacial score (nSPS) is 12.5. The van der Waals surface area contributed by atoms with Crippen LogP contribution < -0.4 is 16.0 Å². The fraction of sp³-hybridized carbons (Fsp3) is 0.308. The minimum atomic E-state index is -0.376. The minimum Gasteiger partial charge on any atom is -0.496 e. The number of nitrogens with zero attached hydrogens (tertiary/aromatic N) is 2. The van der Waals surface area contributed by atoms with Gasteiger partial charge in [-0.1, -0.05) is 0 Å². The molecule has 0 spiro atoms. The average Bonchev–Trinajstić information content (AvgIpc) is 2.70. The molecule has 0 saturated heterocycles. The molecular formula is C13H17FN4O. The largest absolute Gasteiger partial charge is 0.496 e. The second-order valence-electron chi connectivity index (χ2n) is 4.33. The van der Waals surface area contributed by atoms with Gasteiger partial charge in [0, 0.05) is 24.4 Å². The molecule has 0 aliphatic carbocycles. The van der Waals surface area contributed by atoms with Crippen LogP contribution in [0.25, 0.3) is 0 Å². The van der Waals surface area contributed by atoms with Crippen molar-refractivity contribution in [3.8, 4) is 5.75 Å². The predicted molar refractivity (Wildman–Crippen MR) is 70.1 cm³/mol. The van der Waals surface area contributed by atoms with E-state index in [1.807, 2.05) is 20.2 Å². The third-order valence-corrected chi connectivity index (χ3v) is 3.03. The van der Waals surface area contributed by atoms with E-state index < -0.39 is 0 Å². The number of ether oxygens (including phenoxy) is 1. The molecular weight excluding hydrogens is 247 g/mol. The summed E-state index contributed by atoms with van der Waals surface area (Å²) < 4.78 is 20.4. The van der Waals surface area contributed by atoms with Crippen molar-refractivity contribution in [2.24, 2.45) is 12.9 Å². The fourth-order valence-electron chi connectivity index (χ4n) is 2.18. The van der Waals surface area contributed by atoms with E-state index in [0.717, 1.165) is 11.3 Å². The standard InChI is InChI=1S/C13H17FN4O/c1-8-11(7-18(2)17-8)13(16-15)10-6-9(14)4-5-12(10)19-3/h4-7,13,16H,15H2,1-3H3. The Hall–Kier alpha value is -1.92. The molecule has 0 fully saturated rings. The maximum absolute atomic E-state index is 13.5. The highest BCUT2D eigenvalue weighted by Gasteiger charge is 2.21. The van der Waals surface area contributed by atoms with Crippen molar-refractivity contribution >= 4 is 0 Å². The highest BCUT2D eigenvalue weighted by atomic mass is 19.1. The third-order valence-electron chi connectivity index (χ3n) is 3.03. The Labute approximate surface area is 111 Å². The van der Waals surface area contributed by atoms with E-state index in [1.54, 1.807) is 17.9 Å². The van der Waals surface area contributed by atoms with Gasteiger partial charge in [0.15, 0.2) is 0 Å². The Kier molecular flexibility index (Phi) is 3.82. The van der Waals surface area contributed by atoms with Crippen molar-refractivity contribution < 1.29 is 9.13 Å². The summed E-state index contributed by atoms with van der Waals surface area (Å²) >= 11 is 0. The summed E-state index contributed by atoms with van der Waals surface area (Å²) in [7, 11) is 3.37. The third kappa shape index (κ3) is 2.59. The summed E-state index contributed by atoms with van der Waals surface area (Å²) in [6.45, 7) is 1.88. The monoisotopic (exact) mass is 264 g/mol. The van der Waals surface area contributed by atoms with Gasteiger partial charge >= 0.3 is 0 Å². The molecule has 0 aliphatic rings. The van der Waals surface area contributed by atoms with Gasteiger partial charge in [-0.3, -0.25) is 10.5 Å². The lowest BCUT2D eigenvalue weighted by Crippen LogP contribution is -2.29. The number of nitrogens with two attached hydrogens (primary N) is 1. The van der Waals surface area contributed by atoms with Crippen LogP contribution in [0.3, 0.4) is 0 Å². The van der Waals surface area contributed by atoms with Gasteiger partial charge in [-0.2, -0.15) is 5.10 Å². The first kappa shape index (κ1) is 13.5. The second-order valence-corrected chi connectivity index (χ2v) is 4.33. The van der Waals surface area contributed by atoms with Crippen molar-refractivity contribution in [1.82, 2.24) is 15.2 Å². The van der Waals surface area contributed by atoms with Gasteiger partial charge in [-0.15, -0.1) is 0 Å². The molecule has 1 aromatic heterocycles. The van der Waals surface area contributed by atoms with E-state index in [0.29, 0.717) is 11.3 Å². The quantitative estimate of drug-likeness (QED) is 0.647. The lowest BCUT2D eigenvalue weighted by Gasteiger charge is -2.18. The van der Waals surface area contributed by atoms with Gasteiger partial charge in [-0.25, -0.2) is 9.82 Å². The predicted octanol–water partition coefficient (Wildman–Crippen LogP) is 1.43. The van der Waals surface area contributed by atoms with Crippen LogP contribution in [0.15, 0.2) is 24.4 Å². The first-order valence-corrected chi connectivity index (χ1v) is 5.86. The van der Waals surface area contributed by atoms with Crippen LogP contribution in [0.4, 0.5) is 4.39 Å². The van der Waals surface area contributed by atoms with Crippen LogP contribution in [-0.2, 0) is 7.05 Å². The lowest BCUT2D eigenvalue weighted by molar-refractivity contribution is 0.402. The SMILES string of the molecule is COc1ccc(F)cc1C(NN)c1cn(C)nc1C. The second kappa shape index (κ2) is 5.38. The number of benzene rings is 1. The number of hydrogen-bond donors (Lipinski definition) is 2. The van der Waals surface area contributed by atoms with E-state index in [-0.39, 0.29) is 11.9 Å². The Morgan fingerprint density at radius 1 is 1.42 bits per heavy atom. The van der Waals surface area contributed by atoms with Crippen LogP contribution in [-0.4, -0.2) is 16.9 Å². The van der Waals surface area contributed by atoms with Crippen LogP contribution in [0.1, 0.15) is 22.9 Å². The van der Waals surface area contributed by atoms with Crippen LogP contribution in [0, 0.1) is 12.7 Å². The molecule has 1 heterocycles. The van der Waals surface area contributed by atoms with E-state index in [1.165, 1.54) is 12.1 Å². The van der Waals surface area contributed by atoms with Gasteiger partial charge in [-0.05, 0) is 25.1 Å². The maximum atomic E-state index is 13.5. The van der Waals surface area contributed by atoms with Crippen molar-refractivity contribution in [1.29, 1.82) is 0 Å². The van der Waals surface area contributed by atoms with Crippen LogP contribution >= 0.6 is 0 Å². The van der Waals surface area contributed by atoms with Crippen molar-refractivity contribution in [3.63, 3.8) is 0 Å². The Morgan fingerprint density at radius 3 is 2.68 bits per heavy atom. The summed E-state index contributed by atoms with van der Waals surface area (Å²) in [5.74, 6) is 5.86. The molecule has 0 aliphatic heterocycles. The summed E-state index contributed by atoms with van der Waals surface area (Å²) in [5, 5.41) is 4.27. The first-order chi connectivity index (χ1) is 9.06. The van der Waals surface area contributed by atoms with Crippen molar-refractivity contribution in [3.05, 3.63) is 47.0 Å². The number of methoxy groups -OCH3 is 1. The van der Waals surface area contributed by atoms with Gasteiger partial charge in [0.1, 0.15) is 11.6 Å². The van der Waals surface area contributed by atoms with Gasteiger partial charge < -0.3 is 4.74 Å². The fourth-order valence-corrected chi connectivity index (χ4v) is 2.18. The smallest absolute Gasteiger partial charge is 0.124 e. The number of rotatable bonds is 4. The van der Waals surface area contributed by atoms with Crippen molar-refractivity contribution in [2.45, 2.75) is 13.0 Å². The van der Waals surface area contributed by atoms with Crippen molar-refractivity contribution in [2.75, 3.05) is 7.11 Å². The van der Waals surface area contributed by atoms with Crippen LogP contribution in [0.5, 0.6) is 5.75 Å². The summed E-state index contributed by atoms with van der Waals surface area (Å²) in [4.78, 5) is 0. The number of nitrogens with one attached hydrogen (secondary N) is 1. The molecule has 1 aromatic carbocycles. The maximum Gasteiger partial charge on any atom is 0.124 e. The number of aromatic nitrogens is 2. The lowest BCUT2D eigenvalue weighted by atomic mass is 9.99. The highest BCUT2D eigenvalue weighted by Crippen LogP contribution is 2.31. The topological polar surface area (TPSA) is 65.1 Å². The van der Waals surface area contributed by atoms with Crippen LogP contribution in [0.2, 0.25) is 0 Å². The Balaban J connectivity index is 2.53. The van der Waals surface area contributed by atoms with Gasteiger partial charge in [0.25, 0.3) is 0 Å². The number of hydrogen-bond acceptors (Lipinski definition) is 4. The van der Waals surface area contributed by atoms with E-state index in [9.17, 15) is 4.39 Å². The molecule has 0 bridgehead atoms. The molecule has 6 heteroatoms. The molecule has 0 amide bonds. The first-order valence-electron chi connectivity index (χ1n) is 5.86. The molecule has 1 unspecified atom stereocenters. The summed E-state index contributed by atoms with van der Waals surface area (Å²) in [5.41, 5.74) is 5.04. The zero-order valence-corrected chi connectivity index (χ0v) is 11.1. The molecule has 0 saturated carbocycles. The van der Waals surface area contributed by atoms with Gasteiger partial charge in [0.05, 0.1) is 18.8 Å². The molecule has 2 rings (SSSR count). The minimum absolute atomic E-state index is 0.336. The molecule has 2 aromatic rings. The van der Waals surface area contributed by atoms with E-state index in [4.69, 9.17) is 10.6 Å². The Bertz CT molecular complexity index is 582. The summed E-state index contributed by atoms with van der Waals surface area (Å²) in [6.07, 6.45) is 1.85. The number of halogens is 1. The van der Waals surface area contributed by atoms with E-state index in [2.05, 4.69) is 10.5 Å². The average molecular weight is 264 g/mol. The highest BCUT2D eigenvalue weighted by molar-refractivity contribution is 5.42. The molecule has 1 atom stereocenters. The molecule has 19 heavy (non-hydrogen) atoms. The Morgan fingerprint density at radius 2 is 2.16 bits per heavy atom. The van der Waals surface area contributed by atoms with Gasteiger partial charge in [0.2, 0.25) is 0 Å². The summed E-state index contributed by atoms with van der Waals surface area (Å²) in [6, 6.07) is 3.97. The molecule has 5 nitrogen and oxygen atoms in total. The molecule has 3 N–H and O–H groups in total. The van der Waals surface area contributed by atoms with E-state index >= 15 is 0 Å². The number of hydrazine groups is 1. The number of aryl methyl sites for hydroxylation is 2. The molecule has 102 valence electrons. The zero-order chi connectivity index (χ0) is 14.0. The molecule has 0 radical (unpaired) electrons. The zero-order valence-electron chi connectivity index (χ0n) is 11.1.